The first kappa shape index (κ1) is 15.3. The Morgan fingerprint density at radius 2 is 1.67 bits per heavy atom. The molecule has 0 spiro atoms. The minimum atomic E-state index is -0.801. The van der Waals surface area contributed by atoms with Gasteiger partial charge < -0.3 is 5.73 Å². The third kappa shape index (κ3) is 2.39. The van der Waals surface area contributed by atoms with Crippen molar-refractivity contribution in [2.24, 2.45) is 5.73 Å². The Balaban J connectivity index is 1.98. The molecule has 0 aliphatic carbocycles. The molecule has 0 atom stereocenters. The maximum absolute atomic E-state index is 12.3. The first-order valence-electron chi connectivity index (χ1n) is 6.92. The number of imide groups is 1. The summed E-state index contributed by atoms with van der Waals surface area (Å²) >= 11 is 0. The van der Waals surface area contributed by atoms with Gasteiger partial charge in [-0.3, -0.25) is 29.4 Å². The molecule has 0 unspecified atom stereocenters. The van der Waals surface area contributed by atoms with Crippen LogP contribution in [-0.4, -0.2) is 27.5 Å². The number of primary amides is 1. The molecule has 8 heteroatoms. The number of amides is 3. The molecule has 0 bridgehead atoms. The number of hydrogen-bond donors (Lipinski definition) is 1. The Labute approximate surface area is 135 Å². The van der Waals surface area contributed by atoms with Crippen LogP contribution in [0.3, 0.4) is 0 Å². The van der Waals surface area contributed by atoms with E-state index in [1.54, 1.807) is 12.1 Å². The zero-order chi connectivity index (χ0) is 17.4. The van der Waals surface area contributed by atoms with Crippen molar-refractivity contribution in [1.82, 2.24) is 4.90 Å². The van der Waals surface area contributed by atoms with E-state index in [2.05, 4.69) is 0 Å². The first-order valence-corrected chi connectivity index (χ1v) is 6.92. The summed E-state index contributed by atoms with van der Waals surface area (Å²) in [4.78, 5) is 47.3. The molecule has 0 saturated heterocycles. The standard InChI is InChI=1S/C16H11N3O5/c17-14(20)9-5-6-10(13(7-9)19(23)24)8-18-15(21)11-3-1-2-4-12(11)16(18)22/h1-7H,8H2,(H2,17,20). The molecular formula is C16H11N3O5. The van der Waals surface area contributed by atoms with E-state index in [1.807, 2.05) is 0 Å². The summed E-state index contributed by atoms with van der Waals surface area (Å²) in [5.74, 6) is -1.82. The number of benzene rings is 2. The van der Waals surface area contributed by atoms with Gasteiger partial charge >= 0.3 is 0 Å². The molecule has 2 aromatic rings. The number of nitrogens with zero attached hydrogens (tertiary/aromatic N) is 2. The van der Waals surface area contributed by atoms with Gasteiger partial charge in [-0.25, -0.2) is 0 Å². The molecule has 1 heterocycles. The van der Waals surface area contributed by atoms with Crippen molar-refractivity contribution in [2.45, 2.75) is 6.54 Å². The van der Waals surface area contributed by atoms with Gasteiger partial charge in [0.15, 0.2) is 0 Å². The van der Waals surface area contributed by atoms with Crippen LogP contribution >= 0.6 is 0 Å². The third-order valence-electron chi connectivity index (χ3n) is 3.77. The minimum absolute atomic E-state index is 0.0205. The fourth-order valence-corrected chi connectivity index (χ4v) is 2.57. The largest absolute Gasteiger partial charge is 0.366 e. The van der Waals surface area contributed by atoms with Crippen LogP contribution in [-0.2, 0) is 6.54 Å². The average molecular weight is 325 g/mol. The molecule has 8 nitrogen and oxygen atoms in total. The van der Waals surface area contributed by atoms with E-state index in [1.165, 1.54) is 24.3 Å². The molecule has 0 saturated carbocycles. The van der Waals surface area contributed by atoms with Gasteiger partial charge in [0, 0.05) is 17.2 Å². The van der Waals surface area contributed by atoms with Crippen molar-refractivity contribution in [3.05, 3.63) is 74.8 Å². The quantitative estimate of drug-likeness (QED) is 0.518. The second-order valence-electron chi connectivity index (χ2n) is 5.21. The first-order chi connectivity index (χ1) is 11.4. The number of carbonyl (C=O) groups is 3. The fourth-order valence-electron chi connectivity index (χ4n) is 2.57. The Morgan fingerprint density at radius 1 is 1.08 bits per heavy atom. The van der Waals surface area contributed by atoms with Crippen molar-refractivity contribution >= 4 is 23.4 Å². The molecule has 2 aromatic carbocycles. The van der Waals surface area contributed by atoms with Crippen LogP contribution in [0.1, 0.15) is 36.6 Å². The minimum Gasteiger partial charge on any atom is -0.366 e. The molecule has 0 fully saturated rings. The van der Waals surface area contributed by atoms with Crippen LogP contribution < -0.4 is 5.73 Å². The van der Waals surface area contributed by atoms with E-state index in [9.17, 15) is 24.5 Å². The average Bonchev–Trinajstić information content (AvgIpc) is 2.80. The predicted octanol–water partition coefficient (Wildman–Crippen LogP) is 1.49. The van der Waals surface area contributed by atoms with E-state index in [4.69, 9.17) is 5.73 Å². The molecule has 0 aromatic heterocycles. The molecular weight excluding hydrogens is 314 g/mol. The molecule has 3 amide bonds. The van der Waals surface area contributed by atoms with Crippen LogP contribution in [0.4, 0.5) is 5.69 Å². The molecule has 3 rings (SSSR count). The maximum Gasteiger partial charge on any atom is 0.275 e. The molecule has 0 radical (unpaired) electrons. The highest BCUT2D eigenvalue weighted by Gasteiger charge is 2.36. The second-order valence-corrected chi connectivity index (χ2v) is 5.21. The van der Waals surface area contributed by atoms with Crippen molar-refractivity contribution in [3.63, 3.8) is 0 Å². The van der Waals surface area contributed by atoms with Gasteiger partial charge in [0.25, 0.3) is 17.5 Å². The van der Waals surface area contributed by atoms with E-state index in [-0.39, 0.29) is 34.5 Å². The van der Waals surface area contributed by atoms with Crippen molar-refractivity contribution < 1.29 is 19.3 Å². The van der Waals surface area contributed by atoms with Crippen LogP contribution in [0.15, 0.2) is 42.5 Å². The van der Waals surface area contributed by atoms with Gasteiger partial charge in [-0.1, -0.05) is 12.1 Å². The van der Waals surface area contributed by atoms with Crippen LogP contribution in [0.5, 0.6) is 0 Å². The van der Waals surface area contributed by atoms with Gasteiger partial charge in [-0.05, 0) is 24.3 Å². The van der Waals surface area contributed by atoms with Crippen molar-refractivity contribution in [3.8, 4) is 0 Å². The summed E-state index contributed by atoms with van der Waals surface area (Å²) in [6, 6.07) is 10.0. The van der Waals surface area contributed by atoms with Crippen molar-refractivity contribution in [1.29, 1.82) is 0 Å². The third-order valence-corrected chi connectivity index (χ3v) is 3.77. The zero-order valence-corrected chi connectivity index (χ0v) is 12.3. The lowest BCUT2D eigenvalue weighted by molar-refractivity contribution is -0.385. The second kappa shape index (κ2) is 5.58. The lowest BCUT2D eigenvalue weighted by atomic mass is 10.1. The van der Waals surface area contributed by atoms with Crippen LogP contribution in [0, 0.1) is 10.1 Å². The van der Waals surface area contributed by atoms with Crippen LogP contribution in [0.25, 0.3) is 0 Å². The predicted molar refractivity (Wildman–Crippen MR) is 82.3 cm³/mol. The van der Waals surface area contributed by atoms with E-state index >= 15 is 0 Å². The van der Waals surface area contributed by atoms with E-state index in [0.29, 0.717) is 0 Å². The summed E-state index contributed by atoms with van der Waals surface area (Å²) in [5, 5.41) is 11.2. The number of hydrogen-bond acceptors (Lipinski definition) is 5. The fraction of sp³-hybridized carbons (Fsp3) is 0.0625. The number of rotatable bonds is 4. The monoisotopic (exact) mass is 325 g/mol. The van der Waals surface area contributed by atoms with Gasteiger partial charge in [-0.2, -0.15) is 0 Å². The highest BCUT2D eigenvalue weighted by atomic mass is 16.6. The van der Waals surface area contributed by atoms with Gasteiger partial charge in [0.1, 0.15) is 0 Å². The Hall–Kier alpha value is -3.55. The molecule has 1 aliphatic heterocycles. The topological polar surface area (TPSA) is 124 Å². The van der Waals surface area contributed by atoms with E-state index < -0.39 is 22.6 Å². The number of nitro benzene ring substituents is 1. The summed E-state index contributed by atoms with van der Waals surface area (Å²) in [6.07, 6.45) is 0. The number of nitro groups is 1. The molecule has 24 heavy (non-hydrogen) atoms. The maximum atomic E-state index is 12.3. The van der Waals surface area contributed by atoms with Crippen LogP contribution in [0.2, 0.25) is 0 Å². The van der Waals surface area contributed by atoms with E-state index in [0.717, 1.165) is 11.0 Å². The number of nitrogens with two attached hydrogens (primary N) is 1. The molecule has 2 N–H and O–H groups in total. The Morgan fingerprint density at radius 3 is 2.17 bits per heavy atom. The summed E-state index contributed by atoms with van der Waals surface area (Å²) < 4.78 is 0. The van der Waals surface area contributed by atoms with Gasteiger partial charge in [0.05, 0.1) is 22.6 Å². The Bertz CT molecular complexity index is 871. The Kier molecular flexibility index (Phi) is 3.57. The summed E-state index contributed by atoms with van der Waals surface area (Å²) in [7, 11) is 0. The van der Waals surface area contributed by atoms with Gasteiger partial charge in [0.2, 0.25) is 5.91 Å². The smallest absolute Gasteiger partial charge is 0.275 e. The normalized spacial score (nSPS) is 13.1. The SMILES string of the molecule is NC(=O)c1ccc(CN2C(=O)c3ccccc3C2=O)c([N+](=O)[O-])c1. The zero-order valence-electron chi connectivity index (χ0n) is 12.3. The number of carbonyl (C=O) groups excluding carboxylic acids is 3. The van der Waals surface area contributed by atoms with Crippen molar-refractivity contribution in [2.75, 3.05) is 0 Å². The molecule has 120 valence electrons. The van der Waals surface area contributed by atoms with Gasteiger partial charge in [-0.15, -0.1) is 0 Å². The number of fused-ring (bicyclic) bond motifs is 1. The summed E-state index contributed by atoms with van der Waals surface area (Å²) in [5.41, 5.74) is 5.39. The highest BCUT2D eigenvalue weighted by Crippen LogP contribution is 2.27. The summed E-state index contributed by atoms with van der Waals surface area (Å²) in [6.45, 7) is -0.262. The molecule has 1 aliphatic rings. The lowest BCUT2D eigenvalue weighted by Crippen LogP contribution is -2.29. The lowest BCUT2D eigenvalue weighted by Gasteiger charge is -2.14. The highest BCUT2D eigenvalue weighted by molar-refractivity contribution is 6.21.